The predicted molar refractivity (Wildman–Crippen MR) is 45.1 cm³/mol. The Morgan fingerprint density at radius 3 is 2.50 bits per heavy atom. The third-order valence-electron chi connectivity index (χ3n) is 1.15. The highest BCUT2D eigenvalue weighted by atomic mass is 17.2. The molecule has 12 heavy (non-hydrogen) atoms. The molecular weight excluding hydrogens is 158 g/mol. The minimum atomic E-state index is -0.559. The van der Waals surface area contributed by atoms with E-state index in [9.17, 15) is 4.79 Å². The number of rotatable bonds is 5. The molecule has 0 aromatic rings. The van der Waals surface area contributed by atoms with Gasteiger partial charge in [0.1, 0.15) is 13.2 Å². The van der Waals surface area contributed by atoms with Gasteiger partial charge in [0.05, 0.1) is 21.1 Å². The second-order valence-corrected chi connectivity index (χ2v) is 3.44. The number of hydrogen-bond donors (Lipinski definition) is 0. The van der Waals surface area contributed by atoms with Crippen molar-refractivity contribution in [1.82, 2.24) is 0 Å². The second-order valence-electron chi connectivity index (χ2n) is 3.44. The largest absolute Gasteiger partial charge is 0.365 e. The number of nitrogens with zero attached hydrogens (tertiary/aromatic N) is 1. The first-order valence-corrected chi connectivity index (χ1v) is 3.72. The molecule has 0 N–H and O–H groups in total. The number of likely N-dealkylation sites (N-methyl/N-ethyl adjacent to an activating group) is 1. The Morgan fingerprint density at radius 2 is 2.08 bits per heavy atom. The van der Waals surface area contributed by atoms with Gasteiger partial charge in [0.2, 0.25) is 0 Å². The summed E-state index contributed by atoms with van der Waals surface area (Å²) in [5, 5.41) is 0. The van der Waals surface area contributed by atoms with Gasteiger partial charge in [-0.05, 0) is 0 Å². The summed E-state index contributed by atoms with van der Waals surface area (Å²) in [6.07, 6.45) is 1.06. The smallest absolute Gasteiger partial charge is 0.329 e. The van der Waals surface area contributed by atoms with E-state index in [1.807, 2.05) is 21.1 Å². The molecular formula is C8H16NO3+. The van der Waals surface area contributed by atoms with Gasteiger partial charge in [0, 0.05) is 6.08 Å². The highest BCUT2D eigenvalue weighted by molar-refractivity contribution is 5.80. The maximum Gasteiger partial charge on any atom is 0.365 e. The Bertz CT molecular complexity index is 160. The van der Waals surface area contributed by atoms with Gasteiger partial charge < -0.3 is 4.48 Å². The summed E-state index contributed by atoms with van der Waals surface area (Å²) in [7, 11) is 6.08. The zero-order valence-corrected chi connectivity index (χ0v) is 7.87. The van der Waals surface area contributed by atoms with E-state index in [0.717, 1.165) is 17.1 Å². The van der Waals surface area contributed by atoms with Gasteiger partial charge in [-0.25, -0.2) is 4.79 Å². The predicted octanol–water partition coefficient (Wildman–Crippen LogP) is 0.353. The fraction of sp³-hybridized carbons (Fsp3) is 0.625. The highest BCUT2D eigenvalue weighted by Crippen LogP contribution is 1.90. The molecule has 0 amide bonds. The van der Waals surface area contributed by atoms with E-state index < -0.39 is 5.97 Å². The quantitative estimate of drug-likeness (QED) is 0.198. The molecule has 0 atom stereocenters. The van der Waals surface area contributed by atoms with E-state index in [2.05, 4.69) is 16.4 Å². The monoisotopic (exact) mass is 174 g/mol. The molecule has 4 heteroatoms. The van der Waals surface area contributed by atoms with Gasteiger partial charge in [-0.2, -0.15) is 4.89 Å². The minimum Gasteiger partial charge on any atom is -0.329 e. The first-order valence-electron chi connectivity index (χ1n) is 3.72. The van der Waals surface area contributed by atoms with Crippen molar-refractivity contribution in [2.75, 3.05) is 34.3 Å². The average molecular weight is 174 g/mol. The van der Waals surface area contributed by atoms with Crippen LogP contribution in [0.4, 0.5) is 0 Å². The fourth-order valence-corrected chi connectivity index (χ4v) is 0.445. The van der Waals surface area contributed by atoms with Gasteiger partial charge in [-0.15, -0.1) is 0 Å². The van der Waals surface area contributed by atoms with Gasteiger partial charge in [0.25, 0.3) is 0 Å². The van der Waals surface area contributed by atoms with Crippen LogP contribution in [0.3, 0.4) is 0 Å². The molecule has 0 radical (unpaired) electrons. The fourth-order valence-electron chi connectivity index (χ4n) is 0.445. The highest BCUT2D eigenvalue weighted by Gasteiger charge is 2.06. The van der Waals surface area contributed by atoms with Crippen molar-refractivity contribution >= 4 is 5.97 Å². The van der Waals surface area contributed by atoms with Crippen molar-refractivity contribution in [3.05, 3.63) is 12.7 Å². The van der Waals surface area contributed by atoms with Crippen LogP contribution in [0.1, 0.15) is 0 Å². The lowest BCUT2D eigenvalue weighted by Crippen LogP contribution is -2.37. The zero-order valence-electron chi connectivity index (χ0n) is 7.87. The first-order chi connectivity index (χ1) is 5.45. The number of carbonyl (C=O) groups excluding carboxylic acids is 1. The lowest BCUT2D eigenvalue weighted by Gasteiger charge is -2.22. The number of carbonyl (C=O) groups is 1. The van der Waals surface area contributed by atoms with Crippen LogP contribution in [0.5, 0.6) is 0 Å². The van der Waals surface area contributed by atoms with Crippen molar-refractivity contribution < 1.29 is 19.1 Å². The maximum atomic E-state index is 10.5. The maximum absolute atomic E-state index is 10.5. The Labute approximate surface area is 72.9 Å². The van der Waals surface area contributed by atoms with Gasteiger partial charge in [0.15, 0.2) is 0 Å². The van der Waals surface area contributed by atoms with Gasteiger partial charge in [-0.3, -0.25) is 4.89 Å². The summed E-state index contributed by atoms with van der Waals surface area (Å²) in [4.78, 5) is 19.4. The van der Waals surface area contributed by atoms with Crippen LogP contribution >= 0.6 is 0 Å². The van der Waals surface area contributed by atoms with E-state index in [-0.39, 0.29) is 0 Å². The molecule has 0 rings (SSSR count). The minimum absolute atomic E-state index is 0.392. The van der Waals surface area contributed by atoms with E-state index in [0.29, 0.717) is 6.61 Å². The molecule has 0 aliphatic carbocycles. The average Bonchev–Trinajstić information content (AvgIpc) is 1.96. The van der Waals surface area contributed by atoms with Crippen LogP contribution in [-0.4, -0.2) is 44.7 Å². The first kappa shape index (κ1) is 11.1. The summed E-state index contributed by atoms with van der Waals surface area (Å²) in [6, 6.07) is 0. The summed E-state index contributed by atoms with van der Waals surface area (Å²) >= 11 is 0. The Balaban J connectivity index is 3.34. The molecule has 0 saturated heterocycles. The zero-order chi connectivity index (χ0) is 9.61. The molecule has 4 nitrogen and oxygen atoms in total. The van der Waals surface area contributed by atoms with Crippen LogP contribution in [0.25, 0.3) is 0 Å². The van der Waals surface area contributed by atoms with E-state index in [1.54, 1.807) is 0 Å². The molecule has 0 aliphatic rings. The summed E-state index contributed by atoms with van der Waals surface area (Å²) in [5.41, 5.74) is 0. The molecule has 0 heterocycles. The second kappa shape index (κ2) is 4.90. The van der Waals surface area contributed by atoms with Crippen molar-refractivity contribution in [2.45, 2.75) is 0 Å². The van der Waals surface area contributed by atoms with E-state index in [1.165, 1.54) is 0 Å². The Hall–Kier alpha value is -0.870. The Morgan fingerprint density at radius 1 is 1.50 bits per heavy atom. The Kier molecular flexibility index (Phi) is 4.54. The van der Waals surface area contributed by atoms with Crippen molar-refractivity contribution in [3.8, 4) is 0 Å². The van der Waals surface area contributed by atoms with Crippen LogP contribution in [0.2, 0.25) is 0 Å². The molecule has 70 valence electrons. The van der Waals surface area contributed by atoms with Crippen LogP contribution in [0.15, 0.2) is 12.7 Å². The normalized spacial score (nSPS) is 10.9. The SMILES string of the molecule is C=CC(=O)OOCC[N+](C)(C)C. The van der Waals surface area contributed by atoms with Crippen molar-refractivity contribution in [2.24, 2.45) is 0 Å². The lowest BCUT2D eigenvalue weighted by molar-refractivity contribution is -0.871. The van der Waals surface area contributed by atoms with Crippen molar-refractivity contribution in [1.29, 1.82) is 0 Å². The standard InChI is InChI=1S/C8H16NO3/c1-5-8(10)12-11-7-6-9(2,3)4/h5H,1,6-7H2,2-4H3/q+1. The van der Waals surface area contributed by atoms with E-state index in [4.69, 9.17) is 0 Å². The third kappa shape index (κ3) is 7.24. The molecule has 0 aromatic heterocycles. The third-order valence-corrected chi connectivity index (χ3v) is 1.15. The summed E-state index contributed by atoms with van der Waals surface area (Å²) < 4.78 is 0.769. The van der Waals surface area contributed by atoms with Crippen LogP contribution in [-0.2, 0) is 14.6 Å². The molecule has 0 bridgehead atoms. The molecule has 0 saturated carbocycles. The summed E-state index contributed by atoms with van der Waals surface area (Å²) in [6.45, 7) is 4.40. The number of quaternary nitrogens is 1. The lowest BCUT2D eigenvalue weighted by atomic mass is 10.5. The molecule has 0 aliphatic heterocycles. The van der Waals surface area contributed by atoms with Gasteiger partial charge in [-0.1, -0.05) is 6.58 Å². The molecule has 0 fully saturated rings. The van der Waals surface area contributed by atoms with Crippen LogP contribution in [0, 0.1) is 0 Å². The van der Waals surface area contributed by atoms with E-state index >= 15 is 0 Å². The molecule has 0 spiro atoms. The molecule has 0 unspecified atom stereocenters. The van der Waals surface area contributed by atoms with Crippen LogP contribution < -0.4 is 0 Å². The number of hydrogen-bond acceptors (Lipinski definition) is 3. The topological polar surface area (TPSA) is 35.5 Å². The van der Waals surface area contributed by atoms with Crippen molar-refractivity contribution in [3.63, 3.8) is 0 Å². The summed E-state index contributed by atoms with van der Waals surface area (Å²) in [5.74, 6) is -0.559. The molecule has 0 aromatic carbocycles. The van der Waals surface area contributed by atoms with Gasteiger partial charge >= 0.3 is 5.97 Å².